The zero-order valence-electron chi connectivity index (χ0n) is 10.5. The van der Waals surface area contributed by atoms with Crippen molar-refractivity contribution >= 4 is 0 Å². The molecular weight excluding hydrogens is 230 g/mol. The van der Waals surface area contributed by atoms with Gasteiger partial charge in [0, 0.05) is 18.0 Å². The van der Waals surface area contributed by atoms with E-state index in [0.29, 0.717) is 18.3 Å². The van der Waals surface area contributed by atoms with Gasteiger partial charge in [-0.05, 0) is 31.7 Å². The van der Waals surface area contributed by atoms with Crippen molar-refractivity contribution in [3.05, 3.63) is 35.2 Å². The van der Waals surface area contributed by atoms with Crippen LogP contribution < -0.4 is 0 Å². The van der Waals surface area contributed by atoms with Crippen LogP contribution in [0.25, 0.3) is 0 Å². The van der Waals surface area contributed by atoms with Crippen LogP contribution in [0.2, 0.25) is 0 Å². The van der Waals surface area contributed by atoms with Crippen molar-refractivity contribution in [1.82, 2.24) is 14.7 Å². The van der Waals surface area contributed by atoms with E-state index in [1.54, 1.807) is 0 Å². The molecule has 96 valence electrons. The lowest BCUT2D eigenvalue weighted by Gasteiger charge is -2.05. The first kappa shape index (κ1) is 11.5. The first-order valence-electron chi connectivity index (χ1n) is 6.38. The zero-order chi connectivity index (χ0) is 12.5. The van der Waals surface area contributed by atoms with Gasteiger partial charge in [-0.3, -0.25) is 0 Å². The van der Waals surface area contributed by atoms with Crippen LogP contribution in [-0.2, 0) is 13.0 Å². The molecule has 1 unspecified atom stereocenters. The highest BCUT2D eigenvalue weighted by Crippen LogP contribution is 2.29. The van der Waals surface area contributed by atoms with Gasteiger partial charge in [-0.15, -0.1) is 0 Å². The number of hydrogen-bond donors (Lipinski definition) is 1. The molecular formula is C13H17N3O2. The Hall–Kier alpha value is -1.62. The Bertz CT molecular complexity index is 544. The number of nitrogens with zero attached hydrogens (tertiary/aromatic N) is 3. The van der Waals surface area contributed by atoms with Gasteiger partial charge in [0.25, 0.3) is 0 Å². The summed E-state index contributed by atoms with van der Waals surface area (Å²) in [6.45, 7) is 2.38. The topological polar surface area (TPSA) is 64.1 Å². The maximum Gasteiger partial charge on any atom is 0.246 e. The number of fused-ring (bicyclic) bond motifs is 1. The van der Waals surface area contributed by atoms with Gasteiger partial charge in [0.15, 0.2) is 5.82 Å². The van der Waals surface area contributed by atoms with Gasteiger partial charge < -0.3 is 14.2 Å². The van der Waals surface area contributed by atoms with Crippen molar-refractivity contribution in [2.75, 3.05) is 0 Å². The molecule has 0 saturated carbocycles. The molecule has 2 aromatic rings. The average Bonchev–Trinajstić information content (AvgIpc) is 2.88. The minimum Gasteiger partial charge on any atom is -0.388 e. The molecule has 0 aliphatic heterocycles. The third-order valence-corrected chi connectivity index (χ3v) is 3.42. The largest absolute Gasteiger partial charge is 0.388 e. The van der Waals surface area contributed by atoms with Crippen LogP contribution in [-0.4, -0.2) is 19.8 Å². The molecule has 3 rings (SSSR count). The molecule has 1 aliphatic rings. The maximum absolute atomic E-state index is 10.1. The lowest BCUT2D eigenvalue weighted by atomic mass is 10.1. The number of aliphatic hydroxyl groups excluding tert-OH is 1. The normalized spacial score (nSPS) is 19.6. The number of aromatic nitrogens is 3. The molecule has 0 bridgehead atoms. The summed E-state index contributed by atoms with van der Waals surface area (Å²) in [4.78, 5) is 4.19. The summed E-state index contributed by atoms with van der Waals surface area (Å²) in [5.74, 6) is 1.26. The van der Waals surface area contributed by atoms with Crippen LogP contribution >= 0.6 is 0 Å². The third kappa shape index (κ3) is 2.18. The Labute approximate surface area is 105 Å². The Morgan fingerprint density at radius 2 is 2.33 bits per heavy atom. The summed E-state index contributed by atoms with van der Waals surface area (Å²) >= 11 is 0. The van der Waals surface area contributed by atoms with Crippen molar-refractivity contribution in [2.45, 2.75) is 45.3 Å². The molecule has 1 atom stereocenters. The third-order valence-electron chi connectivity index (χ3n) is 3.42. The van der Waals surface area contributed by atoms with Gasteiger partial charge in [0.2, 0.25) is 5.89 Å². The molecule has 0 radical (unpaired) electrons. The number of aliphatic hydroxyl groups is 1. The minimum absolute atomic E-state index is 0.326. The predicted molar refractivity (Wildman–Crippen MR) is 65.1 cm³/mol. The molecule has 0 aromatic carbocycles. The lowest BCUT2D eigenvalue weighted by Crippen LogP contribution is -1.98. The van der Waals surface area contributed by atoms with Crippen molar-refractivity contribution in [1.29, 1.82) is 0 Å². The number of hydrogen-bond acceptors (Lipinski definition) is 4. The highest BCUT2D eigenvalue weighted by Gasteiger charge is 2.18. The van der Waals surface area contributed by atoms with Crippen LogP contribution in [0.3, 0.4) is 0 Å². The van der Waals surface area contributed by atoms with Gasteiger partial charge in [-0.25, -0.2) is 0 Å². The van der Waals surface area contributed by atoms with Gasteiger partial charge in [-0.2, -0.15) is 4.98 Å². The fourth-order valence-corrected chi connectivity index (χ4v) is 2.54. The van der Waals surface area contributed by atoms with Crippen LogP contribution in [0.15, 0.2) is 16.9 Å². The van der Waals surface area contributed by atoms with E-state index in [1.165, 1.54) is 5.56 Å². The standard InChI is InChI=1S/C13H17N3O2/c1-9-14-13(18-15-9)8-16-6-10-4-2-3-5-12(17)11(10)7-16/h6-7,12,17H,2-5,8H2,1H3. The summed E-state index contributed by atoms with van der Waals surface area (Å²) in [5.41, 5.74) is 2.31. The highest BCUT2D eigenvalue weighted by molar-refractivity contribution is 5.28. The Balaban J connectivity index is 1.84. The first-order valence-corrected chi connectivity index (χ1v) is 6.38. The number of aryl methyl sites for hydroxylation is 2. The average molecular weight is 247 g/mol. The van der Waals surface area contributed by atoms with E-state index in [4.69, 9.17) is 4.52 Å². The van der Waals surface area contributed by atoms with Crippen molar-refractivity contribution in [3.63, 3.8) is 0 Å². The highest BCUT2D eigenvalue weighted by atomic mass is 16.5. The van der Waals surface area contributed by atoms with Gasteiger partial charge in [0.1, 0.15) is 6.54 Å². The molecule has 0 amide bonds. The zero-order valence-corrected chi connectivity index (χ0v) is 10.5. The molecule has 2 aromatic heterocycles. The summed E-state index contributed by atoms with van der Waals surface area (Å²) in [6.07, 6.45) is 7.91. The Morgan fingerprint density at radius 3 is 3.11 bits per heavy atom. The quantitative estimate of drug-likeness (QED) is 0.824. The van der Waals surface area contributed by atoms with Crippen LogP contribution in [0.1, 0.15) is 48.2 Å². The molecule has 1 aliphatic carbocycles. The Morgan fingerprint density at radius 1 is 1.44 bits per heavy atom. The molecule has 0 saturated heterocycles. The Kier molecular flexibility index (Phi) is 2.91. The van der Waals surface area contributed by atoms with Crippen molar-refractivity contribution < 1.29 is 9.63 Å². The van der Waals surface area contributed by atoms with E-state index < -0.39 is 0 Å². The van der Waals surface area contributed by atoms with Gasteiger partial charge in [-0.1, -0.05) is 11.6 Å². The van der Waals surface area contributed by atoms with Gasteiger partial charge >= 0.3 is 0 Å². The maximum atomic E-state index is 10.1. The van der Waals surface area contributed by atoms with Crippen molar-refractivity contribution in [3.8, 4) is 0 Å². The molecule has 5 heteroatoms. The minimum atomic E-state index is -0.326. The molecule has 0 spiro atoms. The molecule has 5 nitrogen and oxygen atoms in total. The smallest absolute Gasteiger partial charge is 0.246 e. The fourth-order valence-electron chi connectivity index (χ4n) is 2.54. The molecule has 2 heterocycles. The molecule has 1 N–H and O–H groups in total. The second-order valence-electron chi connectivity index (χ2n) is 4.91. The molecule has 0 fully saturated rings. The van der Waals surface area contributed by atoms with Crippen LogP contribution in [0.4, 0.5) is 0 Å². The number of rotatable bonds is 2. The van der Waals surface area contributed by atoms with Gasteiger partial charge in [0.05, 0.1) is 6.10 Å². The fraction of sp³-hybridized carbons (Fsp3) is 0.538. The van der Waals surface area contributed by atoms with E-state index in [9.17, 15) is 5.11 Å². The van der Waals surface area contributed by atoms with Crippen molar-refractivity contribution in [2.24, 2.45) is 0 Å². The van der Waals surface area contributed by atoms with E-state index in [1.807, 2.05) is 17.7 Å². The van der Waals surface area contributed by atoms with E-state index in [2.05, 4.69) is 16.3 Å². The summed E-state index contributed by atoms with van der Waals surface area (Å²) < 4.78 is 7.13. The summed E-state index contributed by atoms with van der Waals surface area (Å²) in [6, 6.07) is 0. The summed E-state index contributed by atoms with van der Waals surface area (Å²) in [7, 11) is 0. The predicted octanol–water partition coefficient (Wildman–Crippen LogP) is 1.99. The van der Waals surface area contributed by atoms with Crippen LogP contribution in [0.5, 0.6) is 0 Å². The monoisotopic (exact) mass is 247 g/mol. The van der Waals surface area contributed by atoms with Crippen LogP contribution in [0, 0.1) is 6.92 Å². The first-order chi connectivity index (χ1) is 8.72. The van der Waals surface area contributed by atoms with E-state index in [-0.39, 0.29) is 6.10 Å². The lowest BCUT2D eigenvalue weighted by molar-refractivity contribution is 0.166. The molecule has 18 heavy (non-hydrogen) atoms. The van der Waals surface area contributed by atoms with E-state index in [0.717, 1.165) is 31.2 Å². The second kappa shape index (κ2) is 4.57. The second-order valence-corrected chi connectivity index (χ2v) is 4.91. The summed E-state index contributed by atoms with van der Waals surface area (Å²) in [5, 5.41) is 13.8. The SMILES string of the molecule is Cc1noc(Cn2cc3c(c2)C(O)CCCC3)n1. The van der Waals surface area contributed by atoms with E-state index >= 15 is 0 Å².